The summed E-state index contributed by atoms with van der Waals surface area (Å²) in [6.45, 7) is 9.19. The van der Waals surface area contributed by atoms with Crippen LogP contribution in [0.4, 0.5) is 11.4 Å². The lowest BCUT2D eigenvalue weighted by atomic mass is 9.76. The van der Waals surface area contributed by atoms with Crippen molar-refractivity contribution in [3.8, 4) is 5.75 Å². The highest BCUT2D eigenvalue weighted by atomic mass is 16.6. The largest absolute Gasteiger partial charge is 0.462 e. The molecule has 2 aliphatic heterocycles. The fourth-order valence-electron chi connectivity index (χ4n) is 4.42. The predicted molar refractivity (Wildman–Crippen MR) is 118 cm³/mol. The highest BCUT2D eigenvalue weighted by molar-refractivity contribution is 5.87. The van der Waals surface area contributed by atoms with E-state index in [4.69, 9.17) is 9.47 Å². The number of hydrogen-bond acceptors (Lipinski definition) is 6. The normalized spacial score (nSPS) is 20.1. The van der Waals surface area contributed by atoms with Gasteiger partial charge in [-0.25, -0.2) is 4.79 Å². The Bertz CT molecular complexity index is 1150. The van der Waals surface area contributed by atoms with E-state index in [2.05, 4.69) is 31.4 Å². The van der Waals surface area contributed by atoms with Crippen LogP contribution in [0.1, 0.15) is 37.5 Å². The number of likely N-dealkylation sites (N-methyl/N-ethyl adjacent to an activating group) is 1. The number of nitro benzene ring substituents is 1. The number of non-ortho nitro benzene ring substituents is 1. The van der Waals surface area contributed by atoms with Crippen LogP contribution in [0.5, 0.6) is 5.75 Å². The summed E-state index contributed by atoms with van der Waals surface area (Å²) in [7, 11) is 1.97. The number of rotatable bonds is 4. The first-order chi connectivity index (χ1) is 14.6. The second-order valence-electron chi connectivity index (χ2n) is 8.47. The molecule has 160 valence electrons. The van der Waals surface area contributed by atoms with Gasteiger partial charge in [0.15, 0.2) is 0 Å². The van der Waals surface area contributed by atoms with Crippen molar-refractivity contribution in [1.29, 1.82) is 0 Å². The molecule has 2 aromatic rings. The van der Waals surface area contributed by atoms with Gasteiger partial charge in [-0.15, -0.1) is 0 Å². The Labute approximate surface area is 180 Å². The number of nitro groups is 1. The van der Waals surface area contributed by atoms with E-state index in [1.165, 1.54) is 12.1 Å². The minimum atomic E-state index is -0.840. The first kappa shape index (κ1) is 20.7. The Morgan fingerprint density at radius 3 is 2.65 bits per heavy atom. The van der Waals surface area contributed by atoms with Gasteiger partial charge < -0.3 is 14.4 Å². The van der Waals surface area contributed by atoms with Gasteiger partial charge >= 0.3 is 5.97 Å². The fraction of sp³-hybridized carbons (Fsp3) is 0.292. The topological polar surface area (TPSA) is 81.9 Å². The molecule has 0 radical (unpaired) electrons. The molecular formula is C24H24N2O5. The number of para-hydroxylation sites is 1. The van der Waals surface area contributed by atoms with E-state index in [9.17, 15) is 14.9 Å². The number of anilines is 1. The number of carbonyl (C=O) groups excluding carboxylic acids is 1. The third kappa shape index (κ3) is 3.00. The summed E-state index contributed by atoms with van der Waals surface area (Å²) in [4.78, 5) is 25.0. The van der Waals surface area contributed by atoms with Crippen molar-refractivity contribution in [1.82, 2.24) is 0 Å². The summed E-state index contributed by atoms with van der Waals surface area (Å²) in [6.07, 6.45) is 3.79. The highest BCUT2D eigenvalue weighted by Gasteiger charge is 2.57. The van der Waals surface area contributed by atoms with E-state index >= 15 is 0 Å². The molecule has 0 amide bonds. The summed E-state index contributed by atoms with van der Waals surface area (Å²) in [5.41, 5.74) is 2.10. The number of nitrogens with zero attached hydrogens (tertiary/aromatic N) is 2. The molecular weight excluding hydrogens is 396 g/mol. The Hall–Kier alpha value is -3.61. The van der Waals surface area contributed by atoms with E-state index in [-0.39, 0.29) is 17.9 Å². The van der Waals surface area contributed by atoms with Crippen LogP contribution in [0.15, 0.2) is 54.6 Å². The smallest absolute Gasteiger partial charge is 0.333 e. The van der Waals surface area contributed by atoms with Crippen molar-refractivity contribution in [2.75, 3.05) is 11.9 Å². The quantitative estimate of drug-likeness (QED) is 0.307. The van der Waals surface area contributed by atoms with Crippen molar-refractivity contribution in [2.45, 2.75) is 38.5 Å². The molecule has 2 aromatic carbocycles. The predicted octanol–water partition coefficient (Wildman–Crippen LogP) is 4.74. The number of hydrogen-bond donors (Lipinski definition) is 0. The van der Waals surface area contributed by atoms with Gasteiger partial charge in [-0.1, -0.05) is 24.8 Å². The first-order valence-corrected chi connectivity index (χ1v) is 9.94. The zero-order chi connectivity index (χ0) is 22.6. The van der Waals surface area contributed by atoms with Gasteiger partial charge in [-0.3, -0.25) is 10.1 Å². The summed E-state index contributed by atoms with van der Waals surface area (Å²) < 4.78 is 12.0. The molecule has 2 heterocycles. The van der Waals surface area contributed by atoms with Crippen LogP contribution in [0.25, 0.3) is 6.08 Å². The van der Waals surface area contributed by atoms with Gasteiger partial charge in [0, 0.05) is 41.6 Å². The SMILES string of the molecule is C=C(C)C(=O)OCc1cc([N+](=O)[O-])cc2c1OC1(C=C2)N(C)c2ccccc2C1(C)C. The van der Waals surface area contributed by atoms with Crippen molar-refractivity contribution in [2.24, 2.45) is 0 Å². The van der Waals surface area contributed by atoms with Gasteiger partial charge in [-0.2, -0.15) is 0 Å². The monoisotopic (exact) mass is 420 g/mol. The van der Waals surface area contributed by atoms with Crippen molar-refractivity contribution in [3.05, 3.63) is 81.4 Å². The fourth-order valence-corrected chi connectivity index (χ4v) is 4.42. The summed E-state index contributed by atoms with van der Waals surface area (Å²) in [5, 5.41) is 11.4. The van der Waals surface area contributed by atoms with Crippen LogP contribution >= 0.6 is 0 Å². The molecule has 7 heteroatoms. The van der Waals surface area contributed by atoms with E-state index in [1.807, 2.05) is 37.4 Å². The van der Waals surface area contributed by atoms with Gasteiger partial charge in [0.05, 0.1) is 10.3 Å². The van der Waals surface area contributed by atoms with Crippen molar-refractivity contribution < 1.29 is 19.2 Å². The van der Waals surface area contributed by atoms with Crippen LogP contribution < -0.4 is 9.64 Å². The van der Waals surface area contributed by atoms with Crippen molar-refractivity contribution in [3.63, 3.8) is 0 Å². The summed E-state index contributed by atoms with van der Waals surface area (Å²) in [5.74, 6) is -0.0950. The average Bonchev–Trinajstić information content (AvgIpc) is 2.90. The minimum Gasteiger partial charge on any atom is -0.462 e. The molecule has 0 saturated heterocycles. The Morgan fingerprint density at radius 2 is 2.00 bits per heavy atom. The Kier molecular flexibility index (Phi) is 4.65. The van der Waals surface area contributed by atoms with Crippen LogP contribution in [0.2, 0.25) is 0 Å². The molecule has 0 bridgehead atoms. The average molecular weight is 420 g/mol. The zero-order valence-corrected chi connectivity index (χ0v) is 18.0. The second-order valence-corrected chi connectivity index (χ2v) is 8.47. The van der Waals surface area contributed by atoms with E-state index in [1.54, 1.807) is 6.92 Å². The number of benzene rings is 2. The first-order valence-electron chi connectivity index (χ1n) is 9.94. The van der Waals surface area contributed by atoms with Gasteiger partial charge in [0.1, 0.15) is 12.4 Å². The summed E-state index contributed by atoms with van der Waals surface area (Å²) >= 11 is 0. The third-order valence-electron chi connectivity index (χ3n) is 6.18. The number of esters is 1. The Morgan fingerprint density at radius 1 is 1.29 bits per heavy atom. The molecule has 1 unspecified atom stereocenters. The standard InChI is InChI=1S/C24H24N2O5/c1-15(2)22(27)30-14-17-13-18(26(28)29)12-16-10-11-24(31-21(16)17)23(3,4)19-8-6-7-9-20(19)25(24)5/h6-13H,1,14H2,2-5H3. The van der Waals surface area contributed by atoms with Gasteiger partial charge in [-0.05, 0) is 44.6 Å². The molecule has 2 aliphatic rings. The van der Waals surface area contributed by atoms with E-state index in [0.717, 1.165) is 11.3 Å². The lowest BCUT2D eigenvalue weighted by molar-refractivity contribution is -0.385. The maximum absolute atomic E-state index is 11.9. The van der Waals surface area contributed by atoms with Crippen molar-refractivity contribution >= 4 is 23.4 Å². The number of carbonyl (C=O) groups is 1. The number of ether oxygens (including phenoxy) is 2. The molecule has 7 nitrogen and oxygen atoms in total. The number of fused-ring (bicyclic) bond motifs is 2. The minimum absolute atomic E-state index is 0.0911. The second kappa shape index (κ2) is 6.97. The lowest BCUT2D eigenvalue weighted by Gasteiger charge is -2.46. The molecule has 0 fully saturated rings. The molecule has 1 spiro atoms. The summed E-state index contributed by atoms with van der Waals surface area (Å²) in [6, 6.07) is 11.0. The maximum Gasteiger partial charge on any atom is 0.333 e. The third-order valence-corrected chi connectivity index (χ3v) is 6.18. The molecule has 0 saturated carbocycles. The van der Waals surface area contributed by atoms with Gasteiger partial charge in [0.25, 0.3) is 5.69 Å². The van der Waals surface area contributed by atoms with E-state index < -0.39 is 22.0 Å². The molecule has 31 heavy (non-hydrogen) atoms. The highest BCUT2D eigenvalue weighted by Crippen LogP contribution is 2.54. The van der Waals surface area contributed by atoms with E-state index in [0.29, 0.717) is 16.9 Å². The van der Waals surface area contributed by atoms with Crippen LogP contribution in [-0.4, -0.2) is 23.7 Å². The van der Waals surface area contributed by atoms with Crippen LogP contribution in [0.3, 0.4) is 0 Å². The molecule has 4 rings (SSSR count). The lowest BCUT2D eigenvalue weighted by Crippen LogP contribution is -2.58. The van der Waals surface area contributed by atoms with Gasteiger partial charge in [0.2, 0.25) is 5.72 Å². The molecule has 1 atom stereocenters. The molecule has 0 aromatic heterocycles. The molecule has 0 N–H and O–H groups in total. The van der Waals surface area contributed by atoms with Crippen LogP contribution in [-0.2, 0) is 21.6 Å². The zero-order valence-electron chi connectivity index (χ0n) is 18.0. The maximum atomic E-state index is 11.9. The Balaban J connectivity index is 1.81. The van der Waals surface area contributed by atoms with Crippen LogP contribution in [0, 0.1) is 10.1 Å². The molecule has 0 aliphatic carbocycles.